The van der Waals surface area contributed by atoms with E-state index in [0.717, 1.165) is 0 Å². The number of carbonyl (C=O) groups excluding carboxylic acids is 1. The number of benzene rings is 1. The number of hydrogen-bond acceptors (Lipinski definition) is 2. The number of aryl methyl sites for hydroxylation is 1. The molecule has 0 fully saturated rings. The molecule has 0 aliphatic rings. The standard InChI is InChI=1S/C12H11ClN2O2/c1-7-4-11(16)9-5-8(13)2-3-10(9)15(7)6-12(14)17/h2-5H,6H2,1H3,(H2,14,17). The predicted octanol–water partition coefficient (Wildman–Crippen LogP) is 1.45. The monoisotopic (exact) mass is 250 g/mol. The van der Waals surface area contributed by atoms with Crippen molar-refractivity contribution in [3.8, 4) is 0 Å². The SMILES string of the molecule is Cc1cc(=O)c2cc(Cl)ccc2n1CC(N)=O. The second kappa shape index (κ2) is 4.22. The first kappa shape index (κ1) is 11.7. The number of hydrogen-bond donors (Lipinski definition) is 1. The van der Waals surface area contributed by atoms with Crippen molar-refractivity contribution < 1.29 is 4.79 Å². The van der Waals surface area contributed by atoms with Crippen molar-refractivity contribution in [2.24, 2.45) is 5.73 Å². The molecule has 0 saturated heterocycles. The second-order valence-corrected chi connectivity index (χ2v) is 4.30. The van der Waals surface area contributed by atoms with Crippen LogP contribution in [0.1, 0.15) is 5.69 Å². The number of aromatic nitrogens is 1. The molecular weight excluding hydrogens is 240 g/mol. The van der Waals surface area contributed by atoms with Gasteiger partial charge in [0.1, 0.15) is 6.54 Å². The topological polar surface area (TPSA) is 65.1 Å². The Morgan fingerprint density at radius 2 is 2.12 bits per heavy atom. The van der Waals surface area contributed by atoms with E-state index in [1.165, 1.54) is 6.07 Å². The van der Waals surface area contributed by atoms with E-state index in [0.29, 0.717) is 21.6 Å². The van der Waals surface area contributed by atoms with Gasteiger partial charge in [-0.3, -0.25) is 9.59 Å². The fraction of sp³-hybridized carbons (Fsp3) is 0.167. The van der Waals surface area contributed by atoms with Crippen LogP contribution in [-0.2, 0) is 11.3 Å². The molecule has 2 aromatic rings. The molecule has 0 atom stereocenters. The summed E-state index contributed by atoms with van der Waals surface area (Å²) in [5, 5.41) is 0.980. The summed E-state index contributed by atoms with van der Waals surface area (Å²) in [6, 6.07) is 6.47. The number of carbonyl (C=O) groups is 1. The van der Waals surface area contributed by atoms with Crippen LogP contribution < -0.4 is 11.2 Å². The average molecular weight is 251 g/mol. The zero-order valence-corrected chi connectivity index (χ0v) is 9.99. The highest BCUT2D eigenvalue weighted by atomic mass is 35.5. The molecule has 2 rings (SSSR count). The van der Waals surface area contributed by atoms with Gasteiger partial charge in [0.2, 0.25) is 5.91 Å². The minimum absolute atomic E-state index is 0.0459. The van der Waals surface area contributed by atoms with Crippen LogP contribution in [0.5, 0.6) is 0 Å². The van der Waals surface area contributed by atoms with Crippen LogP contribution in [0, 0.1) is 6.92 Å². The number of amides is 1. The summed E-state index contributed by atoms with van der Waals surface area (Å²) in [5.74, 6) is -0.451. The zero-order chi connectivity index (χ0) is 12.6. The van der Waals surface area contributed by atoms with Crippen LogP contribution in [-0.4, -0.2) is 10.5 Å². The first-order valence-corrected chi connectivity index (χ1v) is 5.45. The van der Waals surface area contributed by atoms with E-state index in [4.69, 9.17) is 17.3 Å². The highest BCUT2D eigenvalue weighted by molar-refractivity contribution is 6.31. The Hall–Kier alpha value is -1.81. The van der Waals surface area contributed by atoms with Gasteiger partial charge in [0.25, 0.3) is 0 Å². The highest BCUT2D eigenvalue weighted by Gasteiger charge is 2.08. The fourth-order valence-electron chi connectivity index (χ4n) is 1.84. The Morgan fingerprint density at radius 3 is 2.76 bits per heavy atom. The average Bonchev–Trinajstić information content (AvgIpc) is 2.24. The maximum atomic E-state index is 11.8. The molecular formula is C12H11ClN2O2. The van der Waals surface area contributed by atoms with Gasteiger partial charge in [-0.05, 0) is 25.1 Å². The minimum Gasteiger partial charge on any atom is -0.368 e. The van der Waals surface area contributed by atoms with E-state index in [-0.39, 0.29) is 12.0 Å². The fourth-order valence-corrected chi connectivity index (χ4v) is 2.01. The number of halogens is 1. The number of nitrogens with zero attached hydrogens (tertiary/aromatic N) is 1. The third-order valence-corrected chi connectivity index (χ3v) is 2.83. The number of fused-ring (bicyclic) bond motifs is 1. The number of primary amides is 1. The molecule has 0 aliphatic carbocycles. The maximum Gasteiger partial charge on any atom is 0.237 e. The zero-order valence-electron chi connectivity index (χ0n) is 9.24. The van der Waals surface area contributed by atoms with Crippen molar-refractivity contribution in [3.05, 3.63) is 45.2 Å². The van der Waals surface area contributed by atoms with E-state index in [2.05, 4.69) is 0 Å². The molecule has 0 spiro atoms. The van der Waals surface area contributed by atoms with E-state index in [9.17, 15) is 9.59 Å². The largest absolute Gasteiger partial charge is 0.368 e. The summed E-state index contributed by atoms with van der Waals surface area (Å²) < 4.78 is 1.70. The summed E-state index contributed by atoms with van der Waals surface area (Å²) in [5.41, 5.74) is 6.44. The second-order valence-electron chi connectivity index (χ2n) is 3.86. The van der Waals surface area contributed by atoms with Gasteiger partial charge in [-0.1, -0.05) is 11.6 Å². The lowest BCUT2D eigenvalue weighted by molar-refractivity contribution is -0.118. The Balaban J connectivity index is 2.83. The van der Waals surface area contributed by atoms with Gasteiger partial charge in [0, 0.05) is 22.2 Å². The van der Waals surface area contributed by atoms with E-state index >= 15 is 0 Å². The summed E-state index contributed by atoms with van der Waals surface area (Å²) in [4.78, 5) is 22.8. The van der Waals surface area contributed by atoms with Gasteiger partial charge in [0.05, 0.1) is 5.52 Å². The Bertz CT molecular complexity index is 661. The molecule has 17 heavy (non-hydrogen) atoms. The molecule has 0 aliphatic heterocycles. The van der Waals surface area contributed by atoms with E-state index in [1.807, 2.05) is 0 Å². The summed E-state index contributed by atoms with van der Waals surface area (Å²) in [7, 11) is 0. The molecule has 0 radical (unpaired) electrons. The van der Waals surface area contributed by atoms with Crippen LogP contribution in [0.3, 0.4) is 0 Å². The summed E-state index contributed by atoms with van der Waals surface area (Å²) in [6.07, 6.45) is 0. The van der Waals surface area contributed by atoms with Crippen LogP contribution in [0.15, 0.2) is 29.1 Å². The molecule has 0 bridgehead atoms. The minimum atomic E-state index is -0.451. The lowest BCUT2D eigenvalue weighted by atomic mass is 10.2. The molecule has 1 amide bonds. The predicted molar refractivity (Wildman–Crippen MR) is 67.1 cm³/mol. The quantitative estimate of drug-likeness (QED) is 0.877. The third kappa shape index (κ3) is 2.17. The lowest BCUT2D eigenvalue weighted by Gasteiger charge is -2.12. The Labute approximate surface area is 103 Å². The van der Waals surface area contributed by atoms with E-state index in [1.54, 1.807) is 29.7 Å². The summed E-state index contributed by atoms with van der Waals surface area (Å²) >= 11 is 5.85. The van der Waals surface area contributed by atoms with Gasteiger partial charge >= 0.3 is 0 Å². The molecule has 4 nitrogen and oxygen atoms in total. The Morgan fingerprint density at radius 1 is 1.41 bits per heavy atom. The molecule has 1 aromatic carbocycles. The van der Waals surface area contributed by atoms with Gasteiger partial charge in [-0.2, -0.15) is 0 Å². The number of pyridine rings is 1. The molecule has 0 saturated carbocycles. The van der Waals surface area contributed by atoms with Gasteiger partial charge < -0.3 is 10.3 Å². The lowest BCUT2D eigenvalue weighted by Crippen LogP contribution is -2.22. The van der Waals surface area contributed by atoms with Crippen molar-refractivity contribution in [1.29, 1.82) is 0 Å². The van der Waals surface area contributed by atoms with Crippen LogP contribution >= 0.6 is 11.6 Å². The van der Waals surface area contributed by atoms with Crippen molar-refractivity contribution in [2.45, 2.75) is 13.5 Å². The molecule has 5 heteroatoms. The highest BCUT2D eigenvalue weighted by Crippen LogP contribution is 2.17. The Kier molecular flexibility index (Phi) is 2.90. The van der Waals surface area contributed by atoms with Crippen LogP contribution in [0.2, 0.25) is 5.02 Å². The maximum absolute atomic E-state index is 11.8. The van der Waals surface area contributed by atoms with Gasteiger partial charge in [-0.25, -0.2) is 0 Å². The van der Waals surface area contributed by atoms with Crippen LogP contribution in [0.4, 0.5) is 0 Å². The first-order chi connectivity index (χ1) is 7.99. The first-order valence-electron chi connectivity index (χ1n) is 5.07. The van der Waals surface area contributed by atoms with Gasteiger partial charge in [0.15, 0.2) is 5.43 Å². The molecule has 1 aromatic heterocycles. The molecule has 2 N–H and O–H groups in total. The molecule has 1 heterocycles. The number of rotatable bonds is 2. The van der Waals surface area contributed by atoms with Gasteiger partial charge in [-0.15, -0.1) is 0 Å². The summed E-state index contributed by atoms with van der Waals surface area (Å²) in [6.45, 7) is 1.81. The third-order valence-electron chi connectivity index (χ3n) is 2.59. The van der Waals surface area contributed by atoms with E-state index < -0.39 is 5.91 Å². The number of nitrogens with two attached hydrogens (primary N) is 1. The van der Waals surface area contributed by atoms with Crippen molar-refractivity contribution >= 4 is 28.4 Å². The van der Waals surface area contributed by atoms with Crippen molar-refractivity contribution in [2.75, 3.05) is 0 Å². The van der Waals surface area contributed by atoms with Crippen molar-refractivity contribution in [3.63, 3.8) is 0 Å². The molecule has 0 unspecified atom stereocenters. The normalized spacial score (nSPS) is 10.7. The van der Waals surface area contributed by atoms with Crippen molar-refractivity contribution in [1.82, 2.24) is 4.57 Å². The molecule has 88 valence electrons. The smallest absolute Gasteiger partial charge is 0.237 e. The van der Waals surface area contributed by atoms with Crippen LogP contribution in [0.25, 0.3) is 10.9 Å².